The Labute approximate surface area is 173 Å². The highest BCUT2D eigenvalue weighted by atomic mass is 19.1. The molecule has 0 aliphatic carbocycles. The van der Waals surface area contributed by atoms with Crippen LogP contribution in [0.2, 0.25) is 0 Å². The summed E-state index contributed by atoms with van der Waals surface area (Å²) < 4.78 is 23.9. The number of amidine groups is 1. The lowest BCUT2D eigenvalue weighted by atomic mass is 10.1. The van der Waals surface area contributed by atoms with Gasteiger partial charge in [-0.05, 0) is 60.2 Å². The summed E-state index contributed by atoms with van der Waals surface area (Å²) in [7, 11) is 3.16. The second-order valence-corrected chi connectivity index (χ2v) is 6.56. The molecule has 1 aliphatic heterocycles. The lowest BCUT2D eigenvalue weighted by Gasteiger charge is -2.20. The first-order valence-electron chi connectivity index (χ1n) is 9.28. The molecule has 30 heavy (non-hydrogen) atoms. The summed E-state index contributed by atoms with van der Waals surface area (Å²) in [6, 6.07) is 20.4. The Bertz CT molecular complexity index is 1140. The minimum atomic E-state index is -0.340. The quantitative estimate of drug-likeness (QED) is 0.583. The van der Waals surface area contributed by atoms with Crippen LogP contribution < -0.4 is 14.4 Å². The molecule has 3 aromatic carbocycles. The van der Waals surface area contributed by atoms with Gasteiger partial charge in [0.25, 0.3) is 5.91 Å². The number of benzene rings is 3. The molecule has 6 heteroatoms. The van der Waals surface area contributed by atoms with Crippen LogP contribution in [0, 0.1) is 5.82 Å². The second-order valence-electron chi connectivity index (χ2n) is 6.56. The van der Waals surface area contributed by atoms with Crippen molar-refractivity contribution >= 4 is 23.5 Å². The van der Waals surface area contributed by atoms with E-state index in [1.54, 1.807) is 56.7 Å². The molecule has 1 amide bonds. The molecule has 0 bridgehead atoms. The molecular formula is C24H19FN2O3. The number of rotatable bonds is 5. The minimum absolute atomic E-state index is 0.248. The third-order valence-electron chi connectivity index (χ3n) is 4.71. The molecule has 3 aromatic rings. The van der Waals surface area contributed by atoms with Gasteiger partial charge in [-0.2, -0.15) is 0 Å². The van der Waals surface area contributed by atoms with Crippen molar-refractivity contribution in [3.63, 3.8) is 0 Å². The molecule has 150 valence electrons. The van der Waals surface area contributed by atoms with Gasteiger partial charge < -0.3 is 9.47 Å². The monoisotopic (exact) mass is 402 g/mol. The van der Waals surface area contributed by atoms with E-state index in [9.17, 15) is 9.18 Å². The maximum absolute atomic E-state index is 13.3. The summed E-state index contributed by atoms with van der Waals surface area (Å²) in [4.78, 5) is 19.5. The van der Waals surface area contributed by atoms with Crippen LogP contribution in [0.4, 0.5) is 10.1 Å². The summed E-state index contributed by atoms with van der Waals surface area (Å²) in [6.07, 6.45) is 1.64. The van der Waals surface area contributed by atoms with Crippen LogP contribution in [0.25, 0.3) is 6.08 Å². The van der Waals surface area contributed by atoms with Crippen molar-refractivity contribution in [2.45, 2.75) is 0 Å². The summed E-state index contributed by atoms with van der Waals surface area (Å²) in [5.74, 6) is 1.11. The van der Waals surface area contributed by atoms with E-state index in [4.69, 9.17) is 9.47 Å². The lowest BCUT2D eigenvalue weighted by molar-refractivity contribution is -0.113. The fourth-order valence-electron chi connectivity index (χ4n) is 3.21. The van der Waals surface area contributed by atoms with Gasteiger partial charge in [0.1, 0.15) is 23.0 Å². The summed E-state index contributed by atoms with van der Waals surface area (Å²) in [5.41, 5.74) is 2.26. The number of nitrogens with zero attached hydrogens (tertiary/aromatic N) is 2. The first-order valence-corrected chi connectivity index (χ1v) is 9.28. The van der Waals surface area contributed by atoms with Gasteiger partial charge in [-0.3, -0.25) is 9.69 Å². The number of anilines is 1. The second kappa shape index (κ2) is 8.21. The van der Waals surface area contributed by atoms with E-state index in [2.05, 4.69) is 4.99 Å². The van der Waals surface area contributed by atoms with Crippen molar-refractivity contribution < 1.29 is 18.7 Å². The van der Waals surface area contributed by atoms with E-state index in [1.165, 1.54) is 17.0 Å². The van der Waals surface area contributed by atoms with Gasteiger partial charge in [0.15, 0.2) is 5.84 Å². The van der Waals surface area contributed by atoms with Crippen LogP contribution >= 0.6 is 0 Å². The lowest BCUT2D eigenvalue weighted by Crippen LogP contribution is -2.32. The number of carbonyl (C=O) groups is 1. The SMILES string of the molecule is COc1ccc(N2C(=O)/C(=C\c3ccc(F)cc3)N=C2c2ccccc2OC)cc1. The first kappa shape index (κ1) is 19.4. The number of hydrogen-bond acceptors (Lipinski definition) is 4. The molecule has 4 rings (SSSR count). The standard InChI is InChI=1S/C24H19FN2O3/c1-29-19-13-11-18(12-14-19)27-23(20-5-3-4-6-22(20)30-2)26-21(24(27)28)15-16-7-9-17(25)10-8-16/h3-15H,1-2H3/b21-15+. The average Bonchev–Trinajstić information content (AvgIpc) is 3.11. The third kappa shape index (κ3) is 3.67. The number of aliphatic imine (C=N–C) groups is 1. The van der Waals surface area contributed by atoms with E-state index in [0.717, 1.165) is 0 Å². The zero-order valence-corrected chi connectivity index (χ0v) is 16.5. The summed E-state index contributed by atoms with van der Waals surface area (Å²) in [6.45, 7) is 0. The predicted molar refractivity (Wildman–Crippen MR) is 114 cm³/mol. The highest BCUT2D eigenvalue weighted by Gasteiger charge is 2.33. The third-order valence-corrected chi connectivity index (χ3v) is 4.71. The molecule has 5 nitrogen and oxygen atoms in total. The Morgan fingerprint density at radius 2 is 1.60 bits per heavy atom. The van der Waals surface area contributed by atoms with Gasteiger partial charge in [0, 0.05) is 0 Å². The van der Waals surface area contributed by atoms with Gasteiger partial charge in [-0.25, -0.2) is 9.38 Å². The normalized spacial score (nSPS) is 14.8. The highest BCUT2D eigenvalue weighted by Crippen LogP contribution is 2.32. The topological polar surface area (TPSA) is 51.1 Å². The molecule has 0 saturated carbocycles. The molecule has 0 aromatic heterocycles. The van der Waals surface area contributed by atoms with Crippen molar-refractivity contribution in [3.8, 4) is 11.5 Å². The molecule has 1 heterocycles. The van der Waals surface area contributed by atoms with Crippen molar-refractivity contribution in [1.82, 2.24) is 0 Å². The molecule has 0 N–H and O–H groups in total. The minimum Gasteiger partial charge on any atom is -0.497 e. The van der Waals surface area contributed by atoms with Gasteiger partial charge in [0.2, 0.25) is 0 Å². The Morgan fingerprint density at radius 1 is 0.900 bits per heavy atom. The van der Waals surface area contributed by atoms with Crippen LogP contribution in [0.1, 0.15) is 11.1 Å². The van der Waals surface area contributed by atoms with Crippen molar-refractivity contribution in [3.05, 3.63) is 95.4 Å². The van der Waals surface area contributed by atoms with E-state index in [0.29, 0.717) is 34.1 Å². The zero-order valence-electron chi connectivity index (χ0n) is 16.5. The molecule has 0 fully saturated rings. The number of para-hydroxylation sites is 1. The predicted octanol–water partition coefficient (Wildman–Crippen LogP) is 4.68. The number of carbonyl (C=O) groups excluding carboxylic acids is 1. The number of hydrogen-bond donors (Lipinski definition) is 0. The first-order chi connectivity index (χ1) is 14.6. The molecule has 1 aliphatic rings. The average molecular weight is 402 g/mol. The fourth-order valence-corrected chi connectivity index (χ4v) is 3.21. The molecule has 0 saturated heterocycles. The molecule has 0 unspecified atom stereocenters. The number of halogens is 1. The molecule has 0 radical (unpaired) electrons. The van der Waals surface area contributed by atoms with Gasteiger partial charge in [0.05, 0.1) is 25.5 Å². The largest absolute Gasteiger partial charge is 0.497 e. The van der Waals surface area contributed by atoms with Crippen LogP contribution in [-0.2, 0) is 4.79 Å². The highest BCUT2D eigenvalue weighted by molar-refractivity contribution is 6.33. The smallest absolute Gasteiger partial charge is 0.282 e. The van der Waals surface area contributed by atoms with E-state index < -0.39 is 0 Å². The van der Waals surface area contributed by atoms with Crippen LogP contribution in [-0.4, -0.2) is 26.0 Å². The van der Waals surface area contributed by atoms with E-state index in [1.807, 2.05) is 24.3 Å². The molecule has 0 atom stereocenters. The van der Waals surface area contributed by atoms with Gasteiger partial charge >= 0.3 is 0 Å². The summed E-state index contributed by atoms with van der Waals surface area (Å²) in [5, 5.41) is 0. The fraction of sp³-hybridized carbons (Fsp3) is 0.0833. The van der Waals surface area contributed by atoms with Crippen LogP contribution in [0.3, 0.4) is 0 Å². The Hall–Kier alpha value is -3.93. The van der Waals surface area contributed by atoms with Crippen LogP contribution in [0.5, 0.6) is 11.5 Å². The Kier molecular flexibility index (Phi) is 5.30. The summed E-state index contributed by atoms with van der Waals surface area (Å²) >= 11 is 0. The number of amides is 1. The van der Waals surface area contributed by atoms with Gasteiger partial charge in [-0.1, -0.05) is 24.3 Å². The zero-order chi connectivity index (χ0) is 21.1. The van der Waals surface area contributed by atoms with Crippen molar-refractivity contribution in [1.29, 1.82) is 0 Å². The maximum Gasteiger partial charge on any atom is 0.282 e. The Balaban J connectivity index is 1.83. The maximum atomic E-state index is 13.3. The van der Waals surface area contributed by atoms with E-state index in [-0.39, 0.29) is 17.4 Å². The van der Waals surface area contributed by atoms with E-state index >= 15 is 0 Å². The molecular weight excluding hydrogens is 383 g/mol. The van der Waals surface area contributed by atoms with Crippen LogP contribution in [0.15, 0.2) is 83.5 Å². The Morgan fingerprint density at radius 3 is 2.27 bits per heavy atom. The number of methoxy groups -OCH3 is 2. The van der Waals surface area contributed by atoms with Crippen molar-refractivity contribution in [2.75, 3.05) is 19.1 Å². The van der Waals surface area contributed by atoms with Crippen molar-refractivity contribution in [2.24, 2.45) is 4.99 Å². The van der Waals surface area contributed by atoms with Gasteiger partial charge in [-0.15, -0.1) is 0 Å². The molecule has 0 spiro atoms. The number of ether oxygens (including phenoxy) is 2.